The third-order valence-electron chi connectivity index (χ3n) is 5.03. The molecule has 6 nitrogen and oxygen atoms in total. The van der Waals surface area contributed by atoms with E-state index in [1.54, 1.807) is 29.2 Å². The number of carbonyl (C=O) groups excluding carboxylic acids is 2. The highest BCUT2D eigenvalue weighted by atomic mass is 35.5. The summed E-state index contributed by atoms with van der Waals surface area (Å²) < 4.78 is 0. The number of amides is 3. The van der Waals surface area contributed by atoms with Crippen molar-refractivity contribution in [1.82, 2.24) is 14.8 Å². The van der Waals surface area contributed by atoms with Crippen LogP contribution in [0.15, 0.2) is 54.7 Å². The summed E-state index contributed by atoms with van der Waals surface area (Å²) in [5, 5.41) is 4.57. The van der Waals surface area contributed by atoms with Gasteiger partial charge >= 0.3 is 6.03 Å². The Labute approximate surface area is 168 Å². The lowest BCUT2D eigenvalue weighted by Gasteiger charge is -2.34. The van der Waals surface area contributed by atoms with Gasteiger partial charge in [0.1, 0.15) is 0 Å². The van der Waals surface area contributed by atoms with E-state index in [1.807, 2.05) is 35.4 Å². The highest BCUT2D eigenvalue weighted by molar-refractivity contribution is 6.30. The van der Waals surface area contributed by atoms with Crippen molar-refractivity contribution in [2.75, 3.05) is 31.5 Å². The van der Waals surface area contributed by atoms with Crippen molar-refractivity contribution in [3.63, 3.8) is 0 Å². The fourth-order valence-corrected chi connectivity index (χ4v) is 3.57. The molecule has 3 aromatic rings. The fraction of sp³-hybridized carbons (Fsp3) is 0.238. The van der Waals surface area contributed by atoms with Gasteiger partial charge in [-0.2, -0.15) is 0 Å². The minimum Gasteiger partial charge on any atom is -0.361 e. The van der Waals surface area contributed by atoms with Gasteiger partial charge in [-0.3, -0.25) is 4.79 Å². The first kappa shape index (κ1) is 18.4. The predicted molar refractivity (Wildman–Crippen MR) is 111 cm³/mol. The third kappa shape index (κ3) is 3.97. The predicted octanol–water partition coefficient (Wildman–Crippen LogP) is 3.74. The van der Waals surface area contributed by atoms with Crippen molar-refractivity contribution >= 4 is 40.1 Å². The lowest BCUT2D eigenvalue weighted by atomic mass is 10.1. The van der Waals surface area contributed by atoms with Gasteiger partial charge in [0.15, 0.2) is 0 Å². The number of urea groups is 1. The van der Waals surface area contributed by atoms with E-state index in [0.29, 0.717) is 43.3 Å². The Kier molecular flexibility index (Phi) is 5.21. The van der Waals surface area contributed by atoms with Crippen molar-refractivity contribution in [3.05, 3.63) is 65.3 Å². The molecule has 0 atom stereocenters. The van der Waals surface area contributed by atoms with Crippen LogP contribution >= 0.6 is 11.6 Å². The summed E-state index contributed by atoms with van der Waals surface area (Å²) in [6.07, 6.45) is 2.26. The molecule has 1 aromatic heterocycles. The monoisotopic (exact) mass is 396 g/mol. The molecular formula is C21H21ClN4O2. The van der Waals surface area contributed by atoms with E-state index in [4.69, 9.17) is 11.6 Å². The molecule has 0 saturated carbocycles. The maximum atomic E-state index is 12.7. The molecule has 2 aromatic carbocycles. The summed E-state index contributed by atoms with van der Waals surface area (Å²) in [5.74, 6) is 0.0857. The number of hydrogen-bond acceptors (Lipinski definition) is 2. The van der Waals surface area contributed by atoms with Gasteiger partial charge in [0, 0.05) is 54.0 Å². The van der Waals surface area contributed by atoms with Crippen LogP contribution in [-0.2, 0) is 11.2 Å². The molecule has 4 rings (SSSR count). The molecule has 28 heavy (non-hydrogen) atoms. The van der Waals surface area contributed by atoms with E-state index in [0.717, 1.165) is 16.5 Å². The van der Waals surface area contributed by atoms with Crippen molar-refractivity contribution in [1.29, 1.82) is 0 Å². The Hall–Kier alpha value is -2.99. The van der Waals surface area contributed by atoms with Crippen molar-refractivity contribution in [2.45, 2.75) is 6.42 Å². The van der Waals surface area contributed by atoms with E-state index >= 15 is 0 Å². The summed E-state index contributed by atoms with van der Waals surface area (Å²) >= 11 is 5.86. The number of rotatable bonds is 3. The smallest absolute Gasteiger partial charge is 0.321 e. The van der Waals surface area contributed by atoms with Crippen molar-refractivity contribution in [2.24, 2.45) is 0 Å². The highest BCUT2D eigenvalue weighted by Crippen LogP contribution is 2.19. The molecule has 1 aliphatic heterocycles. The van der Waals surface area contributed by atoms with E-state index in [9.17, 15) is 9.59 Å². The molecule has 0 unspecified atom stereocenters. The average Bonchev–Trinajstić information content (AvgIpc) is 3.13. The lowest BCUT2D eigenvalue weighted by Crippen LogP contribution is -2.52. The summed E-state index contributed by atoms with van der Waals surface area (Å²) in [6, 6.07) is 14.8. The number of nitrogens with zero attached hydrogens (tertiary/aromatic N) is 2. The molecule has 1 fully saturated rings. The number of piperazine rings is 1. The number of anilines is 1. The van der Waals surface area contributed by atoms with E-state index < -0.39 is 0 Å². The van der Waals surface area contributed by atoms with E-state index in [-0.39, 0.29) is 11.9 Å². The molecule has 2 N–H and O–H groups in total. The van der Waals surface area contributed by atoms with Crippen LogP contribution in [0.4, 0.5) is 10.5 Å². The topological polar surface area (TPSA) is 68.4 Å². The minimum atomic E-state index is -0.161. The normalized spacial score (nSPS) is 14.3. The Bertz CT molecular complexity index is 991. The quantitative estimate of drug-likeness (QED) is 0.708. The first-order valence-corrected chi connectivity index (χ1v) is 9.62. The second-order valence-corrected chi connectivity index (χ2v) is 7.28. The van der Waals surface area contributed by atoms with Crippen LogP contribution in [-0.4, -0.2) is 52.9 Å². The molecule has 0 radical (unpaired) electrons. The number of carbonyl (C=O) groups is 2. The van der Waals surface area contributed by atoms with Gasteiger partial charge in [0.2, 0.25) is 5.91 Å². The van der Waals surface area contributed by atoms with Crippen molar-refractivity contribution in [3.8, 4) is 0 Å². The van der Waals surface area contributed by atoms with Crippen LogP contribution in [0.3, 0.4) is 0 Å². The van der Waals surface area contributed by atoms with Crippen LogP contribution in [0.5, 0.6) is 0 Å². The Morgan fingerprint density at radius 1 is 0.964 bits per heavy atom. The number of para-hydroxylation sites is 1. The Balaban J connectivity index is 1.31. The number of H-pyrrole nitrogens is 1. The summed E-state index contributed by atoms with van der Waals surface area (Å²) in [4.78, 5) is 31.9. The number of fused-ring (bicyclic) bond motifs is 1. The van der Waals surface area contributed by atoms with Gasteiger partial charge in [-0.05, 0) is 35.9 Å². The molecule has 0 aliphatic carbocycles. The first-order valence-electron chi connectivity index (χ1n) is 9.24. The number of nitrogens with one attached hydrogen (secondary N) is 2. The summed E-state index contributed by atoms with van der Waals surface area (Å²) in [6.45, 7) is 2.10. The zero-order chi connectivity index (χ0) is 19.5. The molecule has 1 saturated heterocycles. The van der Waals surface area contributed by atoms with Gasteiger partial charge < -0.3 is 20.1 Å². The summed E-state index contributed by atoms with van der Waals surface area (Å²) in [5.41, 5.74) is 2.74. The molecule has 7 heteroatoms. The van der Waals surface area contributed by atoms with Crippen LogP contribution in [0, 0.1) is 0 Å². The van der Waals surface area contributed by atoms with Crippen molar-refractivity contribution < 1.29 is 9.59 Å². The zero-order valence-electron chi connectivity index (χ0n) is 15.3. The fourth-order valence-electron chi connectivity index (χ4n) is 3.45. The summed E-state index contributed by atoms with van der Waals surface area (Å²) in [7, 11) is 0. The van der Waals surface area contributed by atoms with E-state index in [1.165, 1.54) is 0 Å². The van der Waals surface area contributed by atoms with E-state index in [2.05, 4.69) is 10.3 Å². The van der Waals surface area contributed by atoms with Crippen LogP contribution in [0.2, 0.25) is 5.02 Å². The zero-order valence-corrected chi connectivity index (χ0v) is 16.1. The van der Waals surface area contributed by atoms with Gasteiger partial charge in [-0.15, -0.1) is 0 Å². The molecule has 3 amide bonds. The largest absolute Gasteiger partial charge is 0.361 e. The lowest BCUT2D eigenvalue weighted by molar-refractivity contribution is -0.131. The van der Waals surface area contributed by atoms with Gasteiger partial charge in [-0.25, -0.2) is 4.79 Å². The maximum Gasteiger partial charge on any atom is 0.321 e. The molecule has 0 bridgehead atoms. The van der Waals surface area contributed by atoms with Gasteiger partial charge in [-0.1, -0.05) is 29.8 Å². The number of aromatic amines is 1. The second kappa shape index (κ2) is 7.94. The Morgan fingerprint density at radius 2 is 1.64 bits per heavy atom. The van der Waals surface area contributed by atoms with Gasteiger partial charge in [0.25, 0.3) is 0 Å². The first-order chi connectivity index (χ1) is 13.6. The number of aromatic nitrogens is 1. The van der Waals surface area contributed by atoms with Crippen LogP contribution in [0.25, 0.3) is 10.9 Å². The molecule has 1 aliphatic rings. The Morgan fingerprint density at radius 3 is 2.39 bits per heavy atom. The highest BCUT2D eigenvalue weighted by Gasteiger charge is 2.24. The number of benzene rings is 2. The molecular weight excluding hydrogens is 376 g/mol. The minimum absolute atomic E-state index is 0.0857. The standard InChI is InChI=1S/C21H21ClN4O2/c22-16-5-7-17(8-6-16)24-21(28)26-11-9-25(10-12-26)20(27)13-15-14-23-19-4-2-1-3-18(15)19/h1-8,14,23H,9-13H2,(H,24,28). The SMILES string of the molecule is O=C(Cc1c[nH]c2ccccc12)N1CCN(C(=O)Nc2ccc(Cl)cc2)CC1. The molecule has 2 heterocycles. The molecule has 0 spiro atoms. The number of hydrogen-bond donors (Lipinski definition) is 2. The second-order valence-electron chi connectivity index (χ2n) is 6.84. The maximum absolute atomic E-state index is 12.7. The van der Waals surface area contributed by atoms with Crippen LogP contribution < -0.4 is 5.32 Å². The van der Waals surface area contributed by atoms with Gasteiger partial charge in [0.05, 0.1) is 6.42 Å². The van der Waals surface area contributed by atoms with Crippen LogP contribution in [0.1, 0.15) is 5.56 Å². The number of halogens is 1. The third-order valence-corrected chi connectivity index (χ3v) is 5.28. The average molecular weight is 397 g/mol. The molecule has 144 valence electrons.